The van der Waals surface area contributed by atoms with Crippen molar-refractivity contribution in [3.8, 4) is 0 Å². The maximum Gasteiger partial charge on any atom is 0.0745 e. The minimum Gasteiger partial charge on any atom is -0.373 e. The summed E-state index contributed by atoms with van der Waals surface area (Å²) < 4.78 is 6.08. The summed E-state index contributed by atoms with van der Waals surface area (Å²) in [5.74, 6) is 4.65. The third-order valence-electron chi connectivity index (χ3n) is 5.31. The van der Waals surface area contributed by atoms with E-state index < -0.39 is 0 Å². The molecule has 9 atom stereocenters. The first-order valence-electron chi connectivity index (χ1n) is 5.46. The zero-order valence-corrected chi connectivity index (χ0v) is 8.95. The minimum absolute atomic E-state index is 0.0374. The molecule has 4 bridgehead atoms. The van der Waals surface area contributed by atoms with Crippen molar-refractivity contribution >= 4 is 23.2 Å². The van der Waals surface area contributed by atoms with E-state index >= 15 is 0 Å². The van der Waals surface area contributed by atoms with Gasteiger partial charge < -0.3 is 4.74 Å². The second-order valence-electron chi connectivity index (χ2n) is 5.48. The predicted octanol–water partition coefficient (Wildman–Crippen LogP) is 2.24. The van der Waals surface area contributed by atoms with Crippen molar-refractivity contribution in [3.05, 3.63) is 11.1 Å². The lowest BCUT2D eigenvalue weighted by molar-refractivity contribution is -0.0485. The molecule has 0 aromatic rings. The van der Waals surface area contributed by atoms with Crippen LogP contribution in [0.25, 0.3) is 0 Å². The molecule has 0 N–H and O–H groups in total. The van der Waals surface area contributed by atoms with Gasteiger partial charge in [-0.2, -0.15) is 0 Å². The minimum atomic E-state index is 0.0374. The summed E-state index contributed by atoms with van der Waals surface area (Å²) in [4.78, 5) is 0. The summed E-state index contributed by atoms with van der Waals surface area (Å²) in [6.45, 7) is 0. The molecule has 1 nitrogen and oxygen atoms in total. The Morgan fingerprint density at radius 3 is 2.64 bits per heavy atom. The largest absolute Gasteiger partial charge is 0.373 e. The molecule has 0 amide bonds. The highest BCUT2D eigenvalue weighted by Crippen LogP contribution is 2.80. The van der Waals surface area contributed by atoms with Gasteiger partial charge in [-0.05, 0) is 23.7 Å². The lowest BCUT2D eigenvalue weighted by atomic mass is 9.67. The van der Waals surface area contributed by atoms with Crippen LogP contribution in [-0.4, -0.2) is 17.6 Å². The average Bonchev–Trinajstić information content (AvgIpc) is 2.79. The molecule has 0 aromatic heterocycles. The number of allylic oxidation sites excluding steroid dienone is 1. The predicted molar refractivity (Wildman–Crippen MR) is 53.2 cm³/mol. The zero-order chi connectivity index (χ0) is 9.19. The number of alkyl halides is 1. The molecule has 5 aliphatic rings. The SMILES string of the molecule is ClC1=CC2C3OC4C(C3C1Cl)C1C2C41. The molecular formula is C11H10Cl2O. The van der Waals surface area contributed by atoms with E-state index in [1.54, 1.807) is 0 Å². The summed E-state index contributed by atoms with van der Waals surface area (Å²) in [6, 6.07) is 0. The van der Waals surface area contributed by atoms with Gasteiger partial charge in [-0.3, -0.25) is 0 Å². The quantitative estimate of drug-likeness (QED) is 0.579. The average molecular weight is 229 g/mol. The van der Waals surface area contributed by atoms with Gasteiger partial charge in [-0.15, -0.1) is 11.6 Å². The number of ether oxygens (including phenoxy) is 1. The Morgan fingerprint density at radius 2 is 1.79 bits per heavy atom. The van der Waals surface area contributed by atoms with Crippen LogP contribution in [0.4, 0.5) is 0 Å². The van der Waals surface area contributed by atoms with Crippen LogP contribution in [0.15, 0.2) is 11.1 Å². The van der Waals surface area contributed by atoms with Crippen LogP contribution in [0.2, 0.25) is 0 Å². The smallest absolute Gasteiger partial charge is 0.0745 e. The molecule has 3 heteroatoms. The Hall–Kier alpha value is 0.280. The van der Waals surface area contributed by atoms with E-state index in [0.717, 1.165) is 28.7 Å². The molecular weight excluding hydrogens is 219 g/mol. The summed E-state index contributed by atoms with van der Waals surface area (Å²) in [5, 5.41) is 0.925. The van der Waals surface area contributed by atoms with Crippen LogP contribution in [0.1, 0.15) is 0 Å². The van der Waals surface area contributed by atoms with Crippen LogP contribution in [0, 0.1) is 35.5 Å². The molecule has 14 heavy (non-hydrogen) atoms. The molecule has 0 aromatic carbocycles. The third-order valence-corrected chi connectivity index (χ3v) is 6.31. The van der Waals surface area contributed by atoms with Gasteiger partial charge in [0.25, 0.3) is 0 Å². The van der Waals surface area contributed by atoms with Crippen LogP contribution in [-0.2, 0) is 4.74 Å². The molecule has 4 aliphatic carbocycles. The first-order chi connectivity index (χ1) is 6.79. The first kappa shape index (κ1) is 7.54. The summed E-state index contributed by atoms with van der Waals surface area (Å²) >= 11 is 12.6. The number of rotatable bonds is 0. The van der Waals surface area contributed by atoms with E-state index in [1.165, 1.54) is 0 Å². The Kier molecular flexibility index (Phi) is 1.03. The van der Waals surface area contributed by atoms with Gasteiger partial charge >= 0.3 is 0 Å². The molecule has 1 heterocycles. The molecule has 5 rings (SSSR count). The fraction of sp³-hybridized carbons (Fsp3) is 0.818. The van der Waals surface area contributed by atoms with Crippen molar-refractivity contribution in [3.63, 3.8) is 0 Å². The monoisotopic (exact) mass is 228 g/mol. The standard InChI is InChI=1S/C11H10Cl2O/c12-3-1-2-4-5-6(4)11-7(5)8(9(3)13)10(2)14-11/h1-2,4-11H. The van der Waals surface area contributed by atoms with Gasteiger partial charge in [0.1, 0.15) is 0 Å². The van der Waals surface area contributed by atoms with Gasteiger partial charge in [-0.25, -0.2) is 0 Å². The van der Waals surface area contributed by atoms with E-state index in [2.05, 4.69) is 6.08 Å². The second kappa shape index (κ2) is 1.92. The lowest BCUT2D eigenvalue weighted by Gasteiger charge is -2.39. The van der Waals surface area contributed by atoms with Gasteiger partial charge in [0, 0.05) is 16.9 Å². The first-order valence-corrected chi connectivity index (χ1v) is 6.27. The molecule has 9 unspecified atom stereocenters. The van der Waals surface area contributed by atoms with Crippen LogP contribution < -0.4 is 0 Å². The second-order valence-corrected chi connectivity index (χ2v) is 6.39. The Bertz CT molecular complexity index is 379. The molecule has 74 valence electrons. The maximum atomic E-state index is 6.38. The summed E-state index contributed by atoms with van der Waals surface area (Å²) in [6.07, 6.45) is 3.17. The zero-order valence-electron chi connectivity index (χ0n) is 7.44. The summed E-state index contributed by atoms with van der Waals surface area (Å²) in [7, 11) is 0. The number of fused-ring (bicyclic) bond motifs is 3. The van der Waals surface area contributed by atoms with E-state index in [-0.39, 0.29) is 5.38 Å². The third kappa shape index (κ3) is 0.530. The van der Waals surface area contributed by atoms with E-state index in [0.29, 0.717) is 24.0 Å². The number of halogens is 2. The molecule has 3 saturated carbocycles. The Morgan fingerprint density at radius 1 is 1.00 bits per heavy atom. The molecule has 1 saturated heterocycles. The van der Waals surface area contributed by atoms with Crippen molar-refractivity contribution in [2.45, 2.75) is 17.6 Å². The van der Waals surface area contributed by atoms with Crippen LogP contribution in [0.5, 0.6) is 0 Å². The highest BCUT2D eigenvalue weighted by atomic mass is 35.5. The van der Waals surface area contributed by atoms with Gasteiger partial charge in [0.05, 0.1) is 17.6 Å². The summed E-state index contributed by atoms with van der Waals surface area (Å²) in [5.41, 5.74) is 0. The number of hydrogen-bond donors (Lipinski definition) is 0. The highest BCUT2D eigenvalue weighted by Gasteiger charge is 2.83. The molecule has 0 spiro atoms. The van der Waals surface area contributed by atoms with Gasteiger partial charge in [-0.1, -0.05) is 17.7 Å². The fourth-order valence-corrected chi connectivity index (χ4v) is 5.60. The molecule has 4 fully saturated rings. The van der Waals surface area contributed by atoms with Crippen molar-refractivity contribution in [2.24, 2.45) is 35.5 Å². The number of hydrogen-bond acceptors (Lipinski definition) is 1. The maximum absolute atomic E-state index is 6.38. The van der Waals surface area contributed by atoms with Crippen LogP contribution >= 0.6 is 23.2 Å². The van der Waals surface area contributed by atoms with E-state index in [4.69, 9.17) is 27.9 Å². The van der Waals surface area contributed by atoms with Crippen LogP contribution in [0.3, 0.4) is 0 Å². The van der Waals surface area contributed by atoms with E-state index in [1.807, 2.05) is 0 Å². The normalized spacial score (nSPS) is 75.3. The van der Waals surface area contributed by atoms with Crippen molar-refractivity contribution < 1.29 is 4.74 Å². The van der Waals surface area contributed by atoms with Crippen molar-refractivity contribution in [2.75, 3.05) is 0 Å². The van der Waals surface area contributed by atoms with Gasteiger partial charge in [0.2, 0.25) is 0 Å². The topological polar surface area (TPSA) is 9.23 Å². The van der Waals surface area contributed by atoms with Gasteiger partial charge in [0.15, 0.2) is 0 Å². The Balaban J connectivity index is 1.75. The van der Waals surface area contributed by atoms with Crippen molar-refractivity contribution in [1.29, 1.82) is 0 Å². The molecule has 1 aliphatic heterocycles. The highest BCUT2D eigenvalue weighted by molar-refractivity contribution is 6.37. The molecule has 0 radical (unpaired) electrons. The van der Waals surface area contributed by atoms with Crippen molar-refractivity contribution in [1.82, 2.24) is 0 Å². The lowest BCUT2D eigenvalue weighted by Crippen LogP contribution is -2.43. The van der Waals surface area contributed by atoms with E-state index in [9.17, 15) is 0 Å². The fourth-order valence-electron chi connectivity index (χ4n) is 4.92. The Labute approximate surface area is 92.4 Å².